The van der Waals surface area contributed by atoms with Crippen LogP contribution in [0.5, 0.6) is 0 Å². The van der Waals surface area contributed by atoms with Crippen molar-refractivity contribution >= 4 is 34.3 Å². The molecular formula is C20H20N6O4. The Bertz CT molecular complexity index is 1170. The van der Waals surface area contributed by atoms with Gasteiger partial charge >= 0.3 is 0 Å². The highest BCUT2D eigenvalue weighted by Crippen LogP contribution is 2.15. The maximum Gasteiger partial charge on any atom is 0.258 e. The molecule has 0 radical (unpaired) electrons. The van der Waals surface area contributed by atoms with Crippen molar-refractivity contribution in [2.45, 2.75) is 6.54 Å². The number of hydrogen-bond acceptors (Lipinski definition) is 6. The molecule has 0 aliphatic rings. The Balaban J connectivity index is 1.70. The van der Waals surface area contributed by atoms with Crippen LogP contribution in [0.3, 0.4) is 0 Å². The van der Waals surface area contributed by atoms with Gasteiger partial charge in [0, 0.05) is 16.8 Å². The predicted molar refractivity (Wildman–Crippen MR) is 111 cm³/mol. The lowest BCUT2D eigenvalue weighted by Gasteiger charge is -2.16. The second kappa shape index (κ2) is 8.53. The fraction of sp³-hybridized carbons (Fsp3) is 0.150. The lowest BCUT2D eigenvalue weighted by atomic mass is 10.1. The minimum atomic E-state index is -0.753. The molecule has 0 spiro atoms. The average molecular weight is 408 g/mol. The normalized spacial score (nSPS) is 10.9. The van der Waals surface area contributed by atoms with Crippen molar-refractivity contribution in [1.29, 1.82) is 0 Å². The topological polar surface area (TPSA) is 164 Å². The molecule has 1 heterocycles. The Morgan fingerprint density at radius 1 is 1.07 bits per heavy atom. The predicted octanol–water partition coefficient (Wildman–Crippen LogP) is 0.191. The molecule has 0 atom stereocenters. The van der Waals surface area contributed by atoms with Crippen molar-refractivity contribution in [3.63, 3.8) is 0 Å². The number of primary amides is 2. The average Bonchev–Trinajstić information content (AvgIpc) is 2.67. The fourth-order valence-corrected chi connectivity index (χ4v) is 2.95. The summed E-state index contributed by atoms with van der Waals surface area (Å²) < 4.78 is 0. The second-order valence-electron chi connectivity index (χ2n) is 6.78. The molecule has 154 valence electrons. The van der Waals surface area contributed by atoms with Gasteiger partial charge in [0.2, 0.25) is 17.7 Å². The number of nitrogens with two attached hydrogens (primary N) is 2. The molecule has 6 N–H and O–H groups in total. The summed E-state index contributed by atoms with van der Waals surface area (Å²) in [5.41, 5.74) is 11.1. The molecule has 0 saturated carbocycles. The number of fused-ring (bicyclic) bond motifs is 1. The summed E-state index contributed by atoms with van der Waals surface area (Å²) >= 11 is 0. The summed E-state index contributed by atoms with van der Waals surface area (Å²) in [6, 6.07) is 10.9. The molecule has 2 aromatic carbocycles. The zero-order valence-corrected chi connectivity index (χ0v) is 16.1. The van der Waals surface area contributed by atoms with Crippen molar-refractivity contribution in [3.8, 4) is 0 Å². The van der Waals surface area contributed by atoms with Crippen molar-refractivity contribution in [3.05, 3.63) is 69.8 Å². The maximum atomic E-state index is 12.4. The van der Waals surface area contributed by atoms with Gasteiger partial charge in [0.1, 0.15) is 5.82 Å². The van der Waals surface area contributed by atoms with Gasteiger partial charge in [-0.1, -0.05) is 12.1 Å². The van der Waals surface area contributed by atoms with E-state index in [9.17, 15) is 19.2 Å². The summed E-state index contributed by atoms with van der Waals surface area (Å²) in [6.07, 6.45) is 0. The van der Waals surface area contributed by atoms with Crippen molar-refractivity contribution in [1.82, 2.24) is 14.9 Å². The molecule has 0 unspecified atom stereocenters. The number of nitrogens with one attached hydrogen (secondary N) is 2. The highest BCUT2D eigenvalue weighted by molar-refractivity contribution is 6.01. The summed E-state index contributed by atoms with van der Waals surface area (Å²) in [5, 5.41) is 3.09. The lowest BCUT2D eigenvalue weighted by molar-refractivity contribution is -0.117. The Morgan fingerprint density at radius 2 is 1.70 bits per heavy atom. The number of para-hydroxylation sites is 1. The molecule has 0 aliphatic carbocycles. The van der Waals surface area contributed by atoms with E-state index < -0.39 is 17.7 Å². The van der Waals surface area contributed by atoms with Crippen LogP contribution < -0.4 is 22.3 Å². The number of aromatic nitrogens is 2. The van der Waals surface area contributed by atoms with E-state index >= 15 is 0 Å². The Hall–Kier alpha value is -4.05. The molecule has 3 amide bonds. The van der Waals surface area contributed by atoms with E-state index in [2.05, 4.69) is 15.3 Å². The van der Waals surface area contributed by atoms with Crippen LogP contribution in [0, 0.1) is 0 Å². The molecule has 30 heavy (non-hydrogen) atoms. The van der Waals surface area contributed by atoms with Crippen LogP contribution in [0.4, 0.5) is 5.69 Å². The first-order chi connectivity index (χ1) is 14.2. The summed E-state index contributed by atoms with van der Waals surface area (Å²) in [5.74, 6) is -1.49. The number of benzene rings is 2. The quantitative estimate of drug-likeness (QED) is 0.436. The molecular weight excluding hydrogens is 388 g/mol. The monoisotopic (exact) mass is 408 g/mol. The number of carbonyl (C=O) groups is 3. The Kier molecular flexibility index (Phi) is 5.88. The van der Waals surface area contributed by atoms with Gasteiger partial charge in [-0.05, 0) is 37.4 Å². The van der Waals surface area contributed by atoms with E-state index in [0.717, 1.165) is 0 Å². The van der Waals surface area contributed by atoms with Crippen LogP contribution in [-0.4, -0.2) is 46.2 Å². The van der Waals surface area contributed by atoms with E-state index in [0.29, 0.717) is 16.7 Å². The number of rotatable bonds is 7. The standard InChI is InChI=1S/C20H20N6O4/c1-26(9-16-24-15-5-3-2-4-14(15)20(30)25-16)10-17(27)23-13-7-11(18(21)28)6-12(8-13)19(22)29/h2-8H,9-10H2,1H3,(H2,21,28)(H2,22,29)(H,23,27)(H,24,25,30). The molecule has 3 aromatic rings. The van der Waals surface area contributed by atoms with Gasteiger partial charge in [0.05, 0.1) is 24.0 Å². The van der Waals surface area contributed by atoms with Gasteiger partial charge in [-0.2, -0.15) is 0 Å². The minimum Gasteiger partial charge on any atom is -0.366 e. The van der Waals surface area contributed by atoms with Gasteiger partial charge in [-0.15, -0.1) is 0 Å². The third-order valence-corrected chi connectivity index (χ3v) is 4.28. The first-order valence-electron chi connectivity index (χ1n) is 8.94. The number of anilines is 1. The van der Waals surface area contributed by atoms with Gasteiger partial charge < -0.3 is 21.8 Å². The molecule has 0 aliphatic heterocycles. The molecule has 10 nitrogen and oxygen atoms in total. The maximum absolute atomic E-state index is 12.4. The van der Waals surface area contributed by atoms with E-state index in [1.54, 1.807) is 36.2 Å². The smallest absolute Gasteiger partial charge is 0.258 e. The SMILES string of the molecule is CN(CC(=O)Nc1cc(C(N)=O)cc(C(N)=O)c1)Cc1nc2ccccc2c(=O)[nH]1. The van der Waals surface area contributed by atoms with Crippen LogP contribution in [0.1, 0.15) is 26.5 Å². The van der Waals surface area contributed by atoms with Crippen molar-refractivity contribution < 1.29 is 14.4 Å². The minimum absolute atomic E-state index is 0.0385. The number of nitrogens with zero attached hydrogens (tertiary/aromatic N) is 2. The second-order valence-corrected chi connectivity index (χ2v) is 6.78. The summed E-state index contributed by atoms with van der Waals surface area (Å²) in [7, 11) is 1.68. The van der Waals surface area contributed by atoms with Crippen LogP contribution in [-0.2, 0) is 11.3 Å². The fourth-order valence-electron chi connectivity index (χ4n) is 2.95. The summed E-state index contributed by atoms with van der Waals surface area (Å²) in [6.45, 7) is 0.185. The molecule has 0 fully saturated rings. The number of aromatic amines is 1. The molecule has 0 saturated heterocycles. The molecule has 3 rings (SSSR count). The van der Waals surface area contributed by atoms with Crippen molar-refractivity contribution in [2.75, 3.05) is 18.9 Å². The van der Waals surface area contributed by atoms with Crippen molar-refractivity contribution in [2.24, 2.45) is 11.5 Å². The highest BCUT2D eigenvalue weighted by Gasteiger charge is 2.13. The molecule has 0 bridgehead atoms. The van der Waals surface area contributed by atoms with Crippen LogP contribution in [0.15, 0.2) is 47.3 Å². The van der Waals surface area contributed by atoms with Crippen LogP contribution in [0.2, 0.25) is 0 Å². The first kappa shape index (κ1) is 20.7. The number of amides is 3. The van der Waals surface area contributed by atoms with Gasteiger partial charge in [-0.3, -0.25) is 24.1 Å². The van der Waals surface area contributed by atoms with Crippen LogP contribution >= 0.6 is 0 Å². The zero-order chi connectivity index (χ0) is 21.8. The number of hydrogen-bond donors (Lipinski definition) is 4. The molecule has 1 aromatic heterocycles. The van der Waals surface area contributed by atoms with E-state index in [4.69, 9.17) is 11.5 Å². The third-order valence-electron chi connectivity index (χ3n) is 4.28. The van der Waals surface area contributed by atoms with Gasteiger partial charge in [0.25, 0.3) is 5.56 Å². The number of carbonyl (C=O) groups excluding carboxylic acids is 3. The van der Waals surface area contributed by atoms with Gasteiger partial charge in [0.15, 0.2) is 0 Å². The summed E-state index contributed by atoms with van der Waals surface area (Å²) in [4.78, 5) is 56.1. The lowest BCUT2D eigenvalue weighted by Crippen LogP contribution is -2.31. The molecule has 10 heteroatoms. The zero-order valence-electron chi connectivity index (χ0n) is 16.1. The van der Waals surface area contributed by atoms with E-state index in [1.165, 1.54) is 18.2 Å². The number of H-pyrrole nitrogens is 1. The van der Waals surface area contributed by atoms with Gasteiger partial charge in [-0.25, -0.2) is 4.98 Å². The third kappa shape index (κ3) is 4.86. The Morgan fingerprint density at radius 3 is 2.33 bits per heavy atom. The Labute approximate surface area is 170 Å². The highest BCUT2D eigenvalue weighted by atomic mass is 16.2. The van der Waals surface area contributed by atoms with E-state index in [-0.39, 0.29) is 35.5 Å². The van der Waals surface area contributed by atoms with Crippen LogP contribution in [0.25, 0.3) is 10.9 Å². The van der Waals surface area contributed by atoms with E-state index in [1.807, 2.05) is 0 Å². The largest absolute Gasteiger partial charge is 0.366 e. The first-order valence-corrected chi connectivity index (χ1v) is 8.94. The number of likely N-dealkylation sites (N-methyl/N-ethyl adjacent to an activating group) is 1.